The summed E-state index contributed by atoms with van der Waals surface area (Å²) in [6.07, 6.45) is 2.19. The summed E-state index contributed by atoms with van der Waals surface area (Å²) in [5.74, 6) is -0.398. The van der Waals surface area contributed by atoms with Crippen LogP contribution in [0.15, 0.2) is 43.0 Å². The summed E-state index contributed by atoms with van der Waals surface area (Å²) in [7, 11) is 4.20. The average molecular weight is 336 g/mol. The summed E-state index contributed by atoms with van der Waals surface area (Å²) in [5, 5.41) is 10.1. The summed E-state index contributed by atoms with van der Waals surface area (Å²) in [6, 6.07) is 10.3. The third-order valence-electron chi connectivity index (χ3n) is 3.56. The minimum Gasteiger partial charge on any atom is -0.463 e. The predicted molar refractivity (Wildman–Crippen MR) is 94.3 cm³/mol. The van der Waals surface area contributed by atoms with Crippen molar-refractivity contribution in [3.05, 3.63) is 48.6 Å². The van der Waals surface area contributed by atoms with Gasteiger partial charge in [-0.25, -0.2) is 4.79 Å². The number of quaternary nitrogens is 1. The first-order valence-corrected chi connectivity index (χ1v) is 8.34. The van der Waals surface area contributed by atoms with E-state index in [-0.39, 0.29) is 0 Å². The van der Waals surface area contributed by atoms with Crippen LogP contribution in [0.1, 0.15) is 18.4 Å². The summed E-state index contributed by atoms with van der Waals surface area (Å²) in [5.41, 5.74) is 1.25. The van der Waals surface area contributed by atoms with Crippen molar-refractivity contribution < 1.29 is 23.9 Å². The van der Waals surface area contributed by atoms with Gasteiger partial charge in [-0.05, 0) is 12.8 Å². The molecule has 0 aromatic heterocycles. The van der Waals surface area contributed by atoms with Crippen LogP contribution in [-0.2, 0) is 20.8 Å². The second kappa shape index (κ2) is 11.0. The van der Waals surface area contributed by atoms with E-state index in [1.165, 1.54) is 5.56 Å². The molecule has 24 heavy (non-hydrogen) atoms. The molecule has 0 saturated heterocycles. The highest BCUT2D eigenvalue weighted by Crippen LogP contribution is 2.10. The Morgan fingerprint density at radius 3 is 2.58 bits per heavy atom. The second-order valence-corrected chi connectivity index (χ2v) is 6.57. The first-order valence-electron chi connectivity index (χ1n) is 8.34. The van der Waals surface area contributed by atoms with E-state index in [1.807, 2.05) is 18.2 Å². The van der Waals surface area contributed by atoms with E-state index in [1.54, 1.807) is 0 Å². The zero-order chi connectivity index (χ0) is 17.8. The number of benzene rings is 1. The van der Waals surface area contributed by atoms with Gasteiger partial charge in [0.15, 0.2) is 0 Å². The van der Waals surface area contributed by atoms with Crippen molar-refractivity contribution in [2.75, 3.05) is 40.5 Å². The van der Waals surface area contributed by atoms with Gasteiger partial charge >= 0.3 is 5.97 Å². The van der Waals surface area contributed by atoms with Gasteiger partial charge < -0.3 is 19.1 Å². The van der Waals surface area contributed by atoms with E-state index in [4.69, 9.17) is 9.47 Å². The molecule has 1 unspecified atom stereocenters. The van der Waals surface area contributed by atoms with Gasteiger partial charge in [0.2, 0.25) is 0 Å². The lowest BCUT2D eigenvalue weighted by Gasteiger charge is -2.32. The van der Waals surface area contributed by atoms with E-state index < -0.39 is 12.1 Å². The smallest absolute Gasteiger partial charge is 0.330 e. The minimum atomic E-state index is -0.498. The molecular weight excluding hydrogens is 306 g/mol. The molecule has 1 N–H and O–H groups in total. The first kappa shape index (κ1) is 20.4. The molecule has 1 aromatic carbocycles. The van der Waals surface area contributed by atoms with Crippen molar-refractivity contribution in [2.24, 2.45) is 0 Å². The lowest BCUT2D eigenvalue weighted by Crippen LogP contribution is -2.45. The fourth-order valence-corrected chi connectivity index (χ4v) is 2.52. The number of aliphatic hydroxyl groups is 1. The number of carbonyl (C=O) groups is 1. The van der Waals surface area contributed by atoms with Crippen molar-refractivity contribution in [1.29, 1.82) is 0 Å². The molecule has 0 aliphatic carbocycles. The van der Waals surface area contributed by atoms with Crippen LogP contribution in [-0.4, -0.2) is 62.1 Å². The van der Waals surface area contributed by atoms with Crippen molar-refractivity contribution in [2.45, 2.75) is 25.5 Å². The van der Waals surface area contributed by atoms with Crippen LogP contribution in [0.4, 0.5) is 0 Å². The lowest BCUT2D eigenvalue weighted by atomic mass is 10.2. The third kappa shape index (κ3) is 9.45. The molecule has 5 nitrogen and oxygen atoms in total. The largest absolute Gasteiger partial charge is 0.463 e. The maximum absolute atomic E-state index is 10.8. The number of carbonyl (C=O) groups excluding carboxylic acids is 1. The van der Waals surface area contributed by atoms with Crippen LogP contribution in [0.25, 0.3) is 0 Å². The fraction of sp³-hybridized carbons (Fsp3) is 0.526. The molecule has 0 aliphatic heterocycles. The van der Waals surface area contributed by atoms with Gasteiger partial charge in [0.1, 0.15) is 19.2 Å². The summed E-state index contributed by atoms with van der Waals surface area (Å²) < 4.78 is 11.1. The van der Waals surface area contributed by atoms with Crippen LogP contribution in [0.3, 0.4) is 0 Å². The normalized spacial score (nSPS) is 12.6. The molecule has 0 radical (unpaired) electrons. The monoisotopic (exact) mass is 336 g/mol. The molecule has 0 saturated carbocycles. The Kier molecular flexibility index (Phi) is 9.30. The van der Waals surface area contributed by atoms with Crippen molar-refractivity contribution in [3.63, 3.8) is 0 Å². The molecule has 134 valence electrons. The number of rotatable bonds is 12. The summed E-state index contributed by atoms with van der Waals surface area (Å²) >= 11 is 0. The van der Waals surface area contributed by atoms with Gasteiger partial charge in [0, 0.05) is 18.2 Å². The standard InChI is InChI=1S/C19H30NO4/c1-4-19(22)24-13-9-8-12-23-16-18(21)15-20(2,3)14-17-10-6-5-7-11-17/h4-7,10-11,18,21H,1,8-9,12-16H2,2-3H3/q+1. The van der Waals surface area contributed by atoms with Crippen molar-refractivity contribution >= 4 is 5.97 Å². The topological polar surface area (TPSA) is 55.8 Å². The van der Waals surface area contributed by atoms with Gasteiger partial charge in [-0.1, -0.05) is 36.9 Å². The Hall–Kier alpha value is -1.69. The minimum absolute atomic E-state index is 0.322. The molecule has 0 amide bonds. The van der Waals surface area contributed by atoms with Crippen LogP contribution in [0.5, 0.6) is 0 Å². The van der Waals surface area contributed by atoms with E-state index in [0.717, 1.165) is 25.5 Å². The number of nitrogens with zero attached hydrogens (tertiary/aromatic N) is 1. The molecule has 0 spiro atoms. The Labute approximate surface area is 145 Å². The quantitative estimate of drug-likeness (QED) is 0.275. The maximum atomic E-state index is 10.8. The highest BCUT2D eigenvalue weighted by molar-refractivity contribution is 5.81. The molecule has 1 aromatic rings. The van der Waals surface area contributed by atoms with E-state index in [0.29, 0.717) is 30.8 Å². The highest BCUT2D eigenvalue weighted by Gasteiger charge is 2.21. The van der Waals surface area contributed by atoms with Crippen LogP contribution in [0, 0.1) is 0 Å². The number of ether oxygens (including phenoxy) is 2. The number of aliphatic hydroxyl groups excluding tert-OH is 1. The van der Waals surface area contributed by atoms with Gasteiger partial charge in [0.25, 0.3) is 0 Å². The molecule has 5 heteroatoms. The number of hydrogen-bond donors (Lipinski definition) is 1. The molecule has 0 aliphatic rings. The second-order valence-electron chi connectivity index (χ2n) is 6.57. The lowest BCUT2D eigenvalue weighted by molar-refractivity contribution is -0.906. The average Bonchev–Trinajstić information content (AvgIpc) is 2.53. The van der Waals surface area contributed by atoms with Crippen molar-refractivity contribution in [1.82, 2.24) is 0 Å². The molecule has 0 fully saturated rings. The Morgan fingerprint density at radius 1 is 1.25 bits per heavy atom. The van der Waals surface area contributed by atoms with Crippen LogP contribution in [0.2, 0.25) is 0 Å². The van der Waals surface area contributed by atoms with Crippen LogP contribution >= 0.6 is 0 Å². The van der Waals surface area contributed by atoms with E-state index in [9.17, 15) is 9.90 Å². The Bertz CT molecular complexity index is 487. The number of likely N-dealkylation sites (N-methyl/N-ethyl adjacent to an activating group) is 1. The van der Waals surface area contributed by atoms with Gasteiger partial charge in [-0.2, -0.15) is 0 Å². The van der Waals surface area contributed by atoms with Gasteiger partial charge in [-0.3, -0.25) is 0 Å². The fourth-order valence-electron chi connectivity index (χ4n) is 2.52. The van der Waals surface area contributed by atoms with E-state index in [2.05, 4.69) is 32.8 Å². The van der Waals surface area contributed by atoms with E-state index >= 15 is 0 Å². The zero-order valence-electron chi connectivity index (χ0n) is 14.8. The Morgan fingerprint density at radius 2 is 1.92 bits per heavy atom. The van der Waals surface area contributed by atoms with Crippen LogP contribution < -0.4 is 0 Å². The molecule has 0 heterocycles. The molecule has 0 bridgehead atoms. The number of hydrogen-bond acceptors (Lipinski definition) is 4. The first-order chi connectivity index (χ1) is 11.4. The molecule has 1 atom stereocenters. The molecular formula is C19H30NO4+. The molecule has 1 rings (SSSR count). The SMILES string of the molecule is C=CC(=O)OCCCCOCC(O)C[N+](C)(C)Cc1ccccc1. The van der Waals surface area contributed by atoms with Gasteiger partial charge in [-0.15, -0.1) is 0 Å². The summed E-state index contributed by atoms with van der Waals surface area (Å²) in [4.78, 5) is 10.8. The Balaban J connectivity index is 2.13. The maximum Gasteiger partial charge on any atom is 0.330 e. The third-order valence-corrected chi connectivity index (χ3v) is 3.56. The van der Waals surface area contributed by atoms with Crippen molar-refractivity contribution in [3.8, 4) is 0 Å². The highest BCUT2D eigenvalue weighted by atomic mass is 16.5. The zero-order valence-corrected chi connectivity index (χ0v) is 14.8. The van der Waals surface area contributed by atoms with Gasteiger partial charge in [0.05, 0.1) is 27.3 Å². The number of unbranched alkanes of at least 4 members (excludes halogenated alkanes) is 1. The summed E-state index contributed by atoms with van der Waals surface area (Å²) in [6.45, 7) is 6.08. The predicted octanol–water partition coefficient (Wildman–Crippen LogP) is 2.15. The number of esters is 1.